The van der Waals surface area contributed by atoms with Crippen LogP contribution < -0.4 is 5.32 Å². The molecule has 0 saturated carbocycles. The second kappa shape index (κ2) is 7.41. The second-order valence-electron chi connectivity index (χ2n) is 4.05. The van der Waals surface area contributed by atoms with E-state index in [4.69, 9.17) is 9.47 Å². The van der Waals surface area contributed by atoms with E-state index in [1.807, 2.05) is 6.92 Å². The van der Waals surface area contributed by atoms with Gasteiger partial charge in [-0.3, -0.25) is 0 Å². The van der Waals surface area contributed by atoms with E-state index in [2.05, 4.69) is 5.32 Å². The van der Waals surface area contributed by atoms with Crippen LogP contribution >= 0.6 is 0 Å². The first kappa shape index (κ1) is 15.0. The lowest BCUT2D eigenvalue weighted by atomic mass is 10.1. The van der Waals surface area contributed by atoms with Crippen LogP contribution in [0.3, 0.4) is 0 Å². The van der Waals surface area contributed by atoms with Crippen LogP contribution in [0.15, 0.2) is 24.3 Å². The molecule has 5 heteroatoms. The van der Waals surface area contributed by atoms with Gasteiger partial charge in [0.1, 0.15) is 0 Å². The second-order valence-corrected chi connectivity index (χ2v) is 4.05. The van der Waals surface area contributed by atoms with Crippen molar-refractivity contribution in [2.45, 2.75) is 32.2 Å². The van der Waals surface area contributed by atoms with Crippen LogP contribution in [-0.4, -0.2) is 26.6 Å². The van der Waals surface area contributed by atoms with Crippen molar-refractivity contribution in [3.63, 3.8) is 0 Å². The molecule has 0 heterocycles. The molecule has 102 valence electrons. The summed E-state index contributed by atoms with van der Waals surface area (Å²) in [7, 11) is 3.15. The fourth-order valence-corrected chi connectivity index (χ4v) is 1.66. The maximum absolute atomic E-state index is 12.4. The van der Waals surface area contributed by atoms with Crippen molar-refractivity contribution in [3.8, 4) is 0 Å². The molecule has 1 rings (SSSR count). The molecule has 0 fully saturated rings. The molecule has 1 N–H and O–H groups in total. The van der Waals surface area contributed by atoms with Gasteiger partial charge in [-0.05, 0) is 12.5 Å². The van der Waals surface area contributed by atoms with Crippen molar-refractivity contribution >= 4 is 0 Å². The lowest BCUT2D eigenvalue weighted by Crippen LogP contribution is -2.39. The summed E-state index contributed by atoms with van der Waals surface area (Å²) in [5.41, 5.74) is 0.982. The molecular formula is C13H19F2NO2. The first-order valence-electron chi connectivity index (χ1n) is 5.74. The minimum atomic E-state index is -2.42. The summed E-state index contributed by atoms with van der Waals surface area (Å²) < 4.78 is 35.0. The van der Waals surface area contributed by atoms with Gasteiger partial charge < -0.3 is 14.8 Å². The van der Waals surface area contributed by atoms with Gasteiger partial charge in [0.2, 0.25) is 0 Å². The van der Waals surface area contributed by atoms with Crippen LogP contribution in [0.25, 0.3) is 0 Å². The molecule has 1 unspecified atom stereocenters. The quantitative estimate of drug-likeness (QED) is 0.764. The minimum absolute atomic E-state index is 0.00905. The number of benzene rings is 1. The molecule has 1 aromatic rings. The molecule has 18 heavy (non-hydrogen) atoms. The van der Waals surface area contributed by atoms with E-state index in [0.29, 0.717) is 6.54 Å². The summed E-state index contributed by atoms with van der Waals surface area (Å²) in [5.74, 6) is 0. The molecule has 0 aliphatic rings. The van der Waals surface area contributed by atoms with Crippen molar-refractivity contribution in [2.75, 3.05) is 14.2 Å². The van der Waals surface area contributed by atoms with Crippen molar-refractivity contribution in [1.82, 2.24) is 5.32 Å². The van der Waals surface area contributed by atoms with Gasteiger partial charge in [-0.1, -0.05) is 24.3 Å². The Morgan fingerprint density at radius 3 is 2.11 bits per heavy atom. The smallest absolute Gasteiger partial charge is 0.263 e. The maximum atomic E-state index is 12.4. The Hall–Kier alpha value is -1.04. The fourth-order valence-electron chi connectivity index (χ4n) is 1.66. The summed E-state index contributed by atoms with van der Waals surface area (Å²) in [5, 5.41) is 3.21. The SMILES string of the molecule is COC(OC)C(C)NCc1ccc(C(F)F)cc1. The Balaban J connectivity index is 2.48. The number of methoxy groups -OCH3 is 2. The summed E-state index contributed by atoms with van der Waals surface area (Å²) in [6.07, 6.45) is -2.75. The third kappa shape index (κ3) is 4.33. The molecule has 0 aliphatic heterocycles. The fraction of sp³-hybridized carbons (Fsp3) is 0.538. The van der Waals surface area contributed by atoms with Gasteiger partial charge >= 0.3 is 0 Å². The predicted octanol–water partition coefficient (Wildman–Crippen LogP) is 2.72. The largest absolute Gasteiger partial charge is 0.354 e. The Kier molecular flexibility index (Phi) is 6.18. The average Bonchev–Trinajstić information content (AvgIpc) is 2.38. The Morgan fingerprint density at radius 2 is 1.67 bits per heavy atom. The van der Waals surface area contributed by atoms with E-state index in [9.17, 15) is 8.78 Å². The Morgan fingerprint density at radius 1 is 1.11 bits per heavy atom. The van der Waals surface area contributed by atoms with Crippen molar-refractivity contribution in [2.24, 2.45) is 0 Å². The van der Waals surface area contributed by atoms with Crippen molar-refractivity contribution in [3.05, 3.63) is 35.4 Å². The van der Waals surface area contributed by atoms with Gasteiger partial charge in [0.05, 0.1) is 6.04 Å². The number of halogens is 2. The molecule has 0 spiro atoms. The van der Waals surface area contributed by atoms with Gasteiger partial charge in [-0.15, -0.1) is 0 Å². The highest BCUT2D eigenvalue weighted by atomic mass is 19.3. The lowest BCUT2D eigenvalue weighted by molar-refractivity contribution is -0.119. The predicted molar refractivity (Wildman–Crippen MR) is 65.5 cm³/mol. The van der Waals surface area contributed by atoms with E-state index in [0.717, 1.165) is 5.56 Å². The number of alkyl halides is 2. The summed E-state index contributed by atoms with van der Waals surface area (Å²) >= 11 is 0. The van der Waals surface area contributed by atoms with Crippen LogP contribution in [0.4, 0.5) is 8.78 Å². The average molecular weight is 259 g/mol. The first-order chi connectivity index (χ1) is 8.58. The molecule has 0 amide bonds. The zero-order valence-corrected chi connectivity index (χ0v) is 10.8. The minimum Gasteiger partial charge on any atom is -0.354 e. The normalized spacial score (nSPS) is 13.3. The van der Waals surface area contributed by atoms with Gasteiger partial charge in [0.15, 0.2) is 6.29 Å². The molecule has 0 aromatic heterocycles. The monoisotopic (exact) mass is 259 g/mol. The summed E-state index contributed by atoms with van der Waals surface area (Å²) in [4.78, 5) is 0. The van der Waals surface area contributed by atoms with Crippen molar-refractivity contribution < 1.29 is 18.3 Å². The van der Waals surface area contributed by atoms with Crippen LogP contribution in [0.5, 0.6) is 0 Å². The number of hydrogen-bond acceptors (Lipinski definition) is 3. The lowest BCUT2D eigenvalue weighted by Gasteiger charge is -2.22. The standard InChI is InChI=1S/C13H19F2NO2/c1-9(13(17-2)18-3)16-8-10-4-6-11(7-5-10)12(14)15/h4-7,9,12-13,16H,8H2,1-3H3. The molecule has 0 bridgehead atoms. The molecule has 3 nitrogen and oxygen atoms in total. The highest BCUT2D eigenvalue weighted by Crippen LogP contribution is 2.18. The summed E-state index contributed by atoms with van der Waals surface area (Å²) in [6, 6.07) is 6.27. The highest BCUT2D eigenvalue weighted by Gasteiger charge is 2.14. The van der Waals surface area contributed by atoms with E-state index in [1.165, 1.54) is 12.1 Å². The highest BCUT2D eigenvalue weighted by molar-refractivity contribution is 5.23. The maximum Gasteiger partial charge on any atom is 0.263 e. The van der Waals surface area contributed by atoms with Crippen LogP contribution in [-0.2, 0) is 16.0 Å². The van der Waals surface area contributed by atoms with Gasteiger partial charge in [0.25, 0.3) is 6.43 Å². The number of hydrogen-bond donors (Lipinski definition) is 1. The molecule has 0 radical (unpaired) electrons. The van der Waals surface area contributed by atoms with Gasteiger partial charge in [-0.2, -0.15) is 0 Å². The van der Waals surface area contributed by atoms with E-state index < -0.39 is 6.43 Å². The van der Waals surface area contributed by atoms with Crippen LogP contribution in [0, 0.1) is 0 Å². The molecular weight excluding hydrogens is 240 g/mol. The molecule has 1 aromatic carbocycles. The zero-order chi connectivity index (χ0) is 13.5. The van der Waals surface area contributed by atoms with E-state index >= 15 is 0 Å². The van der Waals surface area contributed by atoms with E-state index in [1.54, 1.807) is 26.4 Å². The number of ether oxygens (including phenoxy) is 2. The number of rotatable bonds is 7. The molecule has 0 saturated heterocycles. The Labute approximate surface area is 106 Å². The topological polar surface area (TPSA) is 30.5 Å². The zero-order valence-electron chi connectivity index (χ0n) is 10.8. The number of nitrogens with one attached hydrogen (secondary N) is 1. The van der Waals surface area contributed by atoms with E-state index in [-0.39, 0.29) is 17.9 Å². The summed E-state index contributed by atoms with van der Waals surface area (Å²) in [6.45, 7) is 2.51. The van der Waals surface area contributed by atoms with Crippen molar-refractivity contribution in [1.29, 1.82) is 0 Å². The Bertz CT molecular complexity index is 339. The molecule has 1 atom stereocenters. The van der Waals surface area contributed by atoms with Gasteiger partial charge in [0, 0.05) is 26.3 Å². The van der Waals surface area contributed by atoms with Crippen LogP contribution in [0.2, 0.25) is 0 Å². The third-order valence-electron chi connectivity index (χ3n) is 2.73. The first-order valence-corrected chi connectivity index (χ1v) is 5.74. The third-order valence-corrected chi connectivity index (χ3v) is 2.73. The molecule has 0 aliphatic carbocycles. The van der Waals surface area contributed by atoms with Gasteiger partial charge in [-0.25, -0.2) is 8.78 Å². The van der Waals surface area contributed by atoms with Crippen LogP contribution in [0.1, 0.15) is 24.5 Å².